The van der Waals surface area contributed by atoms with Crippen LogP contribution in [0.3, 0.4) is 0 Å². The van der Waals surface area contributed by atoms with Crippen LogP contribution < -0.4 is 5.32 Å². The third kappa shape index (κ3) is 3.93. The molecule has 1 aromatic carbocycles. The van der Waals surface area contributed by atoms with Crippen LogP contribution in [0.2, 0.25) is 0 Å². The molecule has 0 radical (unpaired) electrons. The SMILES string of the molecule is C.CCCNC(CC)c1ccccc1. The molecule has 1 nitrogen and oxygen atoms in total. The topological polar surface area (TPSA) is 12.0 Å². The van der Waals surface area contributed by atoms with E-state index < -0.39 is 0 Å². The van der Waals surface area contributed by atoms with Gasteiger partial charge in [-0.1, -0.05) is 51.6 Å². The second kappa shape index (κ2) is 7.57. The van der Waals surface area contributed by atoms with Gasteiger partial charge < -0.3 is 5.32 Å². The van der Waals surface area contributed by atoms with E-state index in [9.17, 15) is 0 Å². The first-order valence-corrected chi connectivity index (χ1v) is 5.16. The molecule has 1 rings (SSSR count). The third-order valence-electron chi connectivity index (χ3n) is 2.25. The lowest BCUT2D eigenvalue weighted by molar-refractivity contribution is 0.518. The molecule has 0 aliphatic rings. The highest BCUT2D eigenvalue weighted by molar-refractivity contribution is 5.18. The molecule has 0 aromatic heterocycles. The molecule has 1 atom stereocenters. The molecule has 1 unspecified atom stereocenters. The van der Waals surface area contributed by atoms with E-state index >= 15 is 0 Å². The van der Waals surface area contributed by atoms with Gasteiger partial charge in [-0.15, -0.1) is 0 Å². The summed E-state index contributed by atoms with van der Waals surface area (Å²) in [5.74, 6) is 0. The predicted octanol–water partition coefficient (Wildman–Crippen LogP) is 3.77. The van der Waals surface area contributed by atoms with Crippen molar-refractivity contribution in [3.05, 3.63) is 35.9 Å². The van der Waals surface area contributed by atoms with Gasteiger partial charge in [0.15, 0.2) is 0 Å². The van der Waals surface area contributed by atoms with Gasteiger partial charge in [-0.2, -0.15) is 0 Å². The van der Waals surface area contributed by atoms with E-state index in [1.807, 2.05) is 0 Å². The molecule has 0 saturated carbocycles. The van der Waals surface area contributed by atoms with Gasteiger partial charge in [0.05, 0.1) is 0 Å². The van der Waals surface area contributed by atoms with Crippen LogP contribution in [0.25, 0.3) is 0 Å². The molecule has 1 N–H and O–H groups in total. The van der Waals surface area contributed by atoms with Gasteiger partial charge in [0.1, 0.15) is 0 Å². The normalized spacial score (nSPS) is 11.9. The molecule has 0 aliphatic heterocycles. The zero-order valence-electron chi connectivity index (χ0n) is 8.59. The van der Waals surface area contributed by atoms with E-state index in [-0.39, 0.29) is 7.43 Å². The first kappa shape index (κ1) is 13.2. The summed E-state index contributed by atoms with van der Waals surface area (Å²) in [4.78, 5) is 0. The molecule has 1 aromatic rings. The van der Waals surface area contributed by atoms with Gasteiger partial charge in [-0.25, -0.2) is 0 Å². The molecule has 0 fully saturated rings. The molecule has 80 valence electrons. The maximum atomic E-state index is 3.54. The van der Waals surface area contributed by atoms with E-state index in [2.05, 4.69) is 49.5 Å². The maximum absolute atomic E-state index is 3.54. The van der Waals surface area contributed by atoms with Crippen molar-refractivity contribution < 1.29 is 0 Å². The van der Waals surface area contributed by atoms with Crippen molar-refractivity contribution in [1.29, 1.82) is 0 Å². The second-order valence-corrected chi connectivity index (χ2v) is 3.33. The van der Waals surface area contributed by atoms with Crippen LogP contribution in [0.1, 0.15) is 45.7 Å². The van der Waals surface area contributed by atoms with Crippen LogP contribution in [0.15, 0.2) is 30.3 Å². The summed E-state index contributed by atoms with van der Waals surface area (Å²) in [5.41, 5.74) is 1.40. The average Bonchev–Trinajstić information content (AvgIpc) is 2.21. The quantitative estimate of drug-likeness (QED) is 0.750. The highest BCUT2D eigenvalue weighted by Gasteiger charge is 2.05. The Kier molecular flexibility index (Phi) is 7.13. The molecule has 0 heterocycles. The van der Waals surface area contributed by atoms with Gasteiger partial charge in [0.25, 0.3) is 0 Å². The minimum Gasteiger partial charge on any atom is -0.310 e. The fourth-order valence-electron chi connectivity index (χ4n) is 1.50. The molecule has 0 aliphatic carbocycles. The van der Waals surface area contributed by atoms with Gasteiger partial charge in [0.2, 0.25) is 0 Å². The Labute approximate surface area is 88.5 Å². The first-order chi connectivity index (χ1) is 6.38. The van der Waals surface area contributed by atoms with E-state index in [1.165, 1.54) is 12.0 Å². The van der Waals surface area contributed by atoms with Gasteiger partial charge in [0, 0.05) is 6.04 Å². The molecule has 1 heteroatoms. The second-order valence-electron chi connectivity index (χ2n) is 3.33. The lowest BCUT2D eigenvalue weighted by atomic mass is 10.0. The van der Waals surface area contributed by atoms with Crippen molar-refractivity contribution in [3.8, 4) is 0 Å². The molecular formula is C13H23N. The van der Waals surface area contributed by atoms with Crippen LogP contribution >= 0.6 is 0 Å². The minimum absolute atomic E-state index is 0. The van der Waals surface area contributed by atoms with Gasteiger partial charge in [-0.05, 0) is 24.9 Å². The zero-order chi connectivity index (χ0) is 9.52. The summed E-state index contributed by atoms with van der Waals surface area (Å²) in [6.45, 7) is 5.53. The fraction of sp³-hybridized carbons (Fsp3) is 0.538. The first-order valence-electron chi connectivity index (χ1n) is 5.16. The Morgan fingerprint density at radius 1 is 1.14 bits per heavy atom. The van der Waals surface area contributed by atoms with Crippen LogP contribution in [0.5, 0.6) is 0 Å². The van der Waals surface area contributed by atoms with Crippen molar-refractivity contribution in [2.45, 2.75) is 40.2 Å². The summed E-state index contributed by atoms with van der Waals surface area (Å²) in [5, 5.41) is 3.54. The molecular weight excluding hydrogens is 170 g/mol. The van der Waals surface area contributed by atoms with Crippen molar-refractivity contribution in [1.82, 2.24) is 5.32 Å². The van der Waals surface area contributed by atoms with Crippen molar-refractivity contribution in [2.75, 3.05) is 6.54 Å². The average molecular weight is 193 g/mol. The Morgan fingerprint density at radius 3 is 2.29 bits per heavy atom. The largest absolute Gasteiger partial charge is 0.310 e. The highest BCUT2D eigenvalue weighted by Crippen LogP contribution is 2.15. The van der Waals surface area contributed by atoms with Crippen molar-refractivity contribution in [3.63, 3.8) is 0 Å². The van der Waals surface area contributed by atoms with E-state index in [0.717, 1.165) is 13.0 Å². The smallest absolute Gasteiger partial charge is 0.0317 e. The fourth-order valence-corrected chi connectivity index (χ4v) is 1.50. The number of hydrogen-bond acceptors (Lipinski definition) is 1. The molecule has 0 amide bonds. The van der Waals surface area contributed by atoms with Crippen LogP contribution in [0.4, 0.5) is 0 Å². The Balaban J connectivity index is 0.00000169. The monoisotopic (exact) mass is 193 g/mol. The summed E-state index contributed by atoms with van der Waals surface area (Å²) in [6.07, 6.45) is 2.35. The summed E-state index contributed by atoms with van der Waals surface area (Å²) in [7, 11) is 0. The number of rotatable bonds is 5. The summed E-state index contributed by atoms with van der Waals surface area (Å²) in [6, 6.07) is 11.2. The van der Waals surface area contributed by atoms with Crippen LogP contribution in [-0.4, -0.2) is 6.54 Å². The van der Waals surface area contributed by atoms with E-state index in [0.29, 0.717) is 6.04 Å². The predicted molar refractivity (Wildman–Crippen MR) is 64.5 cm³/mol. The van der Waals surface area contributed by atoms with E-state index in [4.69, 9.17) is 0 Å². The van der Waals surface area contributed by atoms with Crippen LogP contribution in [-0.2, 0) is 0 Å². The zero-order valence-corrected chi connectivity index (χ0v) is 8.59. The Hall–Kier alpha value is -0.820. The van der Waals surface area contributed by atoms with Gasteiger partial charge >= 0.3 is 0 Å². The number of benzene rings is 1. The van der Waals surface area contributed by atoms with Gasteiger partial charge in [-0.3, -0.25) is 0 Å². The number of nitrogens with one attached hydrogen (secondary N) is 1. The Morgan fingerprint density at radius 2 is 1.79 bits per heavy atom. The third-order valence-corrected chi connectivity index (χ3v) is 2.25. The molecule has 0 spiro atoms. The van der Waals surface area contributed by atoms with E-state index in [1.54, 1.807) is 0 Å². The van der Waals surface area contributed by atoms with Crippen LogP contribution in [0, 0.1) is 0 Å². The molecule has 0 saturated heterocycles. The standard InChI is InChI=1S/C12H19N.CH4/c1-3-10-13-12(4-2)11-8-6-5-7-9-11;/h5-9,12-13H,3-4,10H2,1-2H3;1H4. The molecule has 14 heavy (non-hydrogen) atoms. The van der Waals surface area contributed by atoms with Crippen molar-refractivity contribution in [2.24, 2.45) is 0 Å². The Bertz CT molecular complexity index is 218. The number of hydrogen-bond donors (Lipinski definition) is 1. The lowest BCUT2D eigenvalue weighted by Crippen LogP contribution is -2.21. The molecule has 0 bridgehead atoms. The maximum Gasteiger partial charge on any atom is 0.0317 e. The minimum atomic E-state index is 0. The summed E-state index contributed by atoms with van der Waals surface area (Å²) < 4.78 is 0. The van der Waals surface area contributed by atoms with Crippen molar-refractivity contribution >= 4 is 0 Å². The lowest BCUT2D eigenvalue weighted by Gasteiger charge is -2.16. The summed E-state index contributed by atoms with van der Waals surface area (Å²) >= 11 is 0. The highest BCUT2D eigenvalue weighted by atomic mass is 14.9.